The number of hydrogen-bond donors (Lipinski definition) is 0. The van der Waals surface area contributed by atoms with Crippen molar-refractivity contribution in [3.05, 3.63) is 231 Å². The third-order valence-corrected chi connectivity index (χ3v) is 12.2. The predicted octanol–water partition coefficient (Wildman–Crippen LogP) is 16.3. The number of para-hydroxylation sites is 2. The van der Waals surface area contributed by atoms with Crippen LogP contribution in [0.3, 0.4) is 0 Å². The van der Waals surface area contributed by atoms with Crippen LogP contribution in [0.1, 0.15) is 0 Å². The molecule has 0 saturated carbocycles. The maximum absolute atomic E-state index is 6.72. The molecule has 12 aromatic rings. The SMILES string of the molecule is c1ccc(-c2ccc(N(c3ccccc3)c3ccc(-n4c5ccc(-c6cccc7ccccc67)cc5c5c(-c6ccccc6)c6c(cc54)oc4ccccc46)cc3)cc2)cc1. The monoisotopic (exact) mass is 778 g/mol. The fourth-order valence-electron chi connectivity index (χ4n) is 9.41. The first-order valence-electron chi connectivity index (χ1n) is 20.8. The Morgan fingerprint density at radius 1 is 0.344 bits per heavy atom. The Hall–Kier alpha value is -8.14. The van der Waals surface area contributed by atoms with Crippen LogP contribution in [0, 0.1) is 0 Å². The average Bonchev–Trinajstić information content (AvgIpc) is 3.87. The highest BCUT2D eigenvalue weighted by Gasteiger charge is 2.24. The summed E-state index contributed by atoms with van der Waals surface area (Å²) in [5.41, 5.74) is 15.5. The van der Waals surface area contributed by atoms with Crippen LogP contribution >= 0.6 is 0 Å². The molecule has 10 aromatic carbocycles. The van der Waals surface area contributed by atoms with Gasteiger partial charge in [0.1, 0.15) is 11.2 Å². The van der Waals surface area contributed by atoms with Crippen LogP contribution in [-0.4, -0.2) is 4.57 Å². The normalized spacial score (nSPS) is 11.6. The smallest absolute Gasteiger partial charge is 0.138 e. The largest absolute Gasteiger partial charge is 0.456 e. The first-order valence-corrected chi connectivity index (χ1v) is 20.8. The molecule has 0 saturated heterocycles. The molecule has 0 amide bonds. The minimum absolute atomic E-state index is 0.872. The molecule has 0 N–H and O–H groups in total. The number of benzene rings is 10. The Morgan fingerprint density at radius 3 is 1.67 bits per heavy atom. The van der Waals surface area contributed by atoms with E-state index in [1.165, 1.54) is 49.4 Å². The van der Waals surface area contributed by atoms with E-state index >= 15 is 0 Å². The summed E-state index contributed by atoms with van der Waals surface area (Å²) in [6, 6.07) is 82.8. The predicted molar refractivity (Wildman–Crippen MR) is 257 cm³/mol. The number of nitrogens with zero attached hydrogens (tertiary/aromatic N) is 2. The van der Waals surface area contributed by atoms with Gasteiger partial charge in [-0.3, -0.25) is 0 Å². The van der Waals surface area contributed by atoms with Gasteiger partial charge in [0.05, 0.1) is 11.0 Å². The zero-order valence-corrected chi connectivity index (χ0v) is 33.2. The molecule has 0 fully saturated rings. The van der Waals surface area contributed by atoms with Crippen molar-refractivity contribution < 1.29 is 4.42 Å². The molecule has 2 heterocycles. The second kappa shape index (κ2) is 14.3. The summed E-state index contributed by atoms with van der Waals surface area (Å²) in [6.45, 7) is 0. The van der Waals surface area contributed by atoms with Gasteiger partial charge in [0.15, 0.2) is 0 Å². The molecule has 0 atom stereocenters. The van der Waals surface area contributed by atoms with Crippen LogP contribution in [0.15, 0.2) is 235 Å². The van der Waals surface area contributed by atoms with E-state index in [-0.39, 0.29) is 0 Å². The van der Waals surface area contributed by atoms with Crippen LogP contribution in [0.5, 0.6) is 0 Å². The topological polar surface area (TPSA) is 21.3 Å². The summed E-state index contributed by atoms with van der Waals surface area (Å²) in [5.74, 6) is 0. The van der Waals surface area contributed by atoms with Crippen molar-refractivity contribution >= 4 is 71.6 Å². The Balaban J connectivity index is 1.09. The van der Waals surface area contributed by atoms with Gasteiger partial charge in [-0.15, -0.1) is 0 Å². The fourth-order valence-corrected chi connectivity index (χ4v) is 9.41. The van der Waals surface area contributed by atoms with Crippen LogP contribution in [0.4, 0.5) is 17.1 Å². The van der Waals surface area contributed by atoms with Gasteiger partial charge in [0.2, 0.25) is 0 Å². The molecular formula is C58H38N2O. The highest BCUT2D eigenvalue weighted by Crippen LogP contribution is 2.47. The lowest BCUT2D eigenvalue weighted by molar-refractivity contribution is 0.669. The van der Waals surface area contributed by atoms with Crippen LogP contribution in [0.2, 0.25) is 0 Å². The molecule has 0 aliphatic heterocycles. The Kier molecular flexibility index (Phi) is 8.17. The van der Waals surface area contributed by atoms with Gasteiger partial charge in [0, 0.05) is 55.9 Å². The minimum Gasteiger partial charge on any atom is -0.456 e. The van der Waals surface area contributed by atoms with E-state index in [2.05, 4.69) is 240 Å². The van der Waals surface area contributed by atoms with E-state index in [1.807, 2.05) is 0 Å². The van der Waals surface area contributed by atoms with Crippen molar-refractivity contribution in [3.63, 3.8) is 0 Å². The summed E-state index contributed by atoms with van der Waals surface area (Å²) < 4.78 is 9.13. The first-order chi connectivity index (χ1) is 30.3. The van der Waals surface area contributed by atoms with E-state index in [4.69, 9.17) is 4.42 Å². The molecule has 3 nitrogen and oxygen atoms in total. The molecule has 0 spiro atoms. The highest BCUT2D eigenvalue weighted by molar-refractivity contribution is 6.27. The standard InChI is InChI=1S/C58H38N2O/c1-4-15-39(16-5-1)40-27-30-45(31-28-40)59(44-21-8-3-9-22-44)46-32-34-47(35-33-46)60-52-36-29-43(49-25-14-20-41-17-10-11-23-48(41)49)37-51(52)57-53(60)38-55-58(50-24-12-13-26-54(50)61-55)56(57)42-18-6-2-7-19-42/h1-38H. The van der Waals surface area contributed by atoms with Crippen LogP contribution in [0.25, 0.3) is 93.6 Å². The van der Waals surface area contributed by atoms with Gasteiger partial charge < -0.3 is 13.9 Å². The summed E-state index contributed by atoms with van der Waals surface area (Å²) in [4.78, 5) is 2.33. The maximum atomic E-state index is 6.72. The zero-order valence-electron chi connectivity index (χ0n) is 33.2. The van der Waals surface area contributed by atoms with Gasteiger partial charge in [-0.2, -0.15) is 0 Å². The van der Waals surface area contributed by atoms with Crippen molar-refractivity contribution in [2.75, 3.05) is 4.90 Å². The lowest BCUT2D eigenvalue weighted by Gasteiger charge is -2.26. The Morgan fingerprint density at radius 2 is 0.918 bits per heavy atom. The van der Waals surface area contributed by atoms with E-state index in [0.29, 0.717) is 0 Å². The molecular weight excluding hydrogens is 741 g/mol. The summed E-state index contributed by atoms with van der Waals surface area (Å²) >= 11 is 0. The van der Waals surface area contributed by atoms with E-state index in [1.54, 1.807) is 0 Å². The second-order valence-electron chi connectivity index (χ2n) is 15.7. The minimum atomic E-state index is 0.872. The molecule has 0 radical (unpaired) electrons. The molecule has 61 heavy (non-hydrogen) atoms. The van der Waals surface area contributed by atoms with Crippen molar-refractivity contribution in [3.8, 4) is 39.1 Å². The number of fused-ring (bicyclic) bond motifs is 7. The zero-order chi connectivity index (χ0) is 40.3. The molecule has 12 rings (SSSR count). The van der Waals surface area contributed by atoms with E-state index in [9.17, 15) is 0 Å². The van der Waals surface area contributed by atoms with Gasteiger partial charge in [-0.05, 0) is 105 Å². The molecule has 3 heteroatoms. The lowest BCUT2D eigenvalue weighted by atomic mass is 9.93. The summed E-state index contributed by atoms with van der Waals surface area (Å²) in [6.07, 6.45) is 0. The number of hydrogen-bond acceptors (Lipinski definition) is 2. The number of rotatable bonds is 7. The third-order valence-electron chi connectivity index (χ3n) is 12.2. The summed E-state index contributed by atoms with van der Waals surface area (Å²) in [7, 11) is 0. The molecule has 0 aliphatic rings. The Bertz CT molecular complexity index is 3540. The second-order valence-corrected chi connectivity index (χ2v) is 15.7. The van der Waals surface area contributed by atoms with Gasteiger partial charge in [0.25, 0.3) is 0 Å². The molecule has 0 bridgehead atoms. The average molecular weight is 779 g/mol. The van der Waals surface area contributed by atoms with Gasteiger partial charge >= 0.3 is 0 Å². The van der Waals surface area contributed by atoms with Gasteiger partial charge in [-0.1, -0.05) is 158 Å². The molecule has 286 valence electrons. The quantitative estimate of drug-likeness (QED) is 0.161. The van der Waals surface area contributed by atoms with Crippen molar-refractivity contribution in [2.45, 2.75) is 0 Å². The Labute approximate surface area is 353 Å². The number of aromatic nitrogens is 1. The van der Waals surface area contributed by atoms with Crippen molar-refractivity contribution in [1.29, 1.82) is 0 Å². The van der Waals surface area contributed by atoms with E-state index in [0.717, 1.165) is 61.3 Å². The molecule has 0 aliphatic carbocycles. The van der Waals surface area contributed by atoms with Crippen molar-refractivity contribution in [2.24, 2.45) is 0 Å². The third kappa shape index (κ3) is 5.82. The molecule has 2 aromatic heterocycles. The van der Waals surface area contributed by atoms with Crippen LogP contribution < -0.4 is 4.90 Å². The maximum Gasteiger partial charge on any atom is 0.138 e. The lowest BCUT2D eigenvalue weighted by Crippen LogP contribution is -2.10. The number of furan rings is 1. The number of anilines is 3. The molecule has 0 unspecified atom stereocenters. The van der Waals surface area contributed by atoms with E-state index < -0.39 is 0 Å². The first kappa shape index (κ1) is 34.9. The van der Waals surface area contributed by atoms with Gasteiger partial charge in [-0.25, -0.2) is 0 Å². The highest BCUT2D eigenvalue weighted by atomic mass is 16.3. The summed E-state index contributed by atoms with van der Waals surface area (Å²) in [5, 5.41) is 7.13. The fraction of sp³-hybridized carbons (Fsp3) is 0. The van der Waals surface area contributed by atoms with Crippen LogP contribution in [-0.2, 0) is 0 Å². The van der Waals surface area contributed by atoms with Crippen molar-refractivity contribution in [1.82, 2.24) is 4.57 Å².